The van der Waals surface area contributed by atoms with Gasteiger partial charge in [-0.1, -0.05) is 0 Å². The van der Waals surface area contributed by atoms with Crippen molar-refractivity contribution in [2.24, 2.45) is 0 Å². The number of hydrogen-bond donors (Lipinski definition) is 2. The molecule has 0 aliphatic heterocycles. The van der Waals surface area contributed by atoms with E-state index in [9.17, 15) is 28.0 Å². The van der Waals surface area contributed by atoms with E-state index in [1.165, 1.54) is 0 Å². The van der Waals surface area contributed by atoms with Crippen molar-refractivity contribution in [1.29, 1.82) is 0 Å². The summed E-state index contributed by atoms with van der Waals surface area (Å²) in [5.74, 6) is -1.43. The number of phenols is 1. The van der Waals surface area contributed by atoms with E-state index in [1.807, 2.05) is 0 Å². The highest BCUT2D eigenvalue weighted by atomic mass is 32.2. The van der Waals surface area contributed by atoms with Gasteiger partial charge in [0, 0.05) is 6.07 Å². The van der Waals surface area contributed by atoms with Gasteiger partial charge in [-0.2, -0.15) is 4.39 Å². The van der Waals surface area contributed by atoms with Crippen LogP contribution in [0, 0.1) is 16.1 Å². The smallest absolute Gasteiger partial charge is 0.312 e. The molecule has 2 N–H and O–H groups in total. The minimum atomic E-state index is -4.13. The lowest BCUT2D eigenvalue weighted by Crippen LogP contribution is -2.13. The van der Waals surface area contributed by atoms with Crippen molar-refractivity contribution in [3.8, 4) is 5.75 Å². The SMILES string of the molecule is O=[N+]([O-])c1cc(S(=O)(=O)Nc2ccc(F)nc2)ccc1O. The monoisotopic (exact) mass is 313 g/mol. The lowest BCUT2D eigenvalue weighted by Gasteiger charge is -2.07. The Balaban J connectivity index is 2.38. The Morgan fingerprint density at radius 3 is 2.57 bits per heavy atom. The number of pyridine rings is 1. The molecule has 0 radical (unpaired) electrons. The van der Waals surface area contributed by atoms with Gasteiger partial charge < -0.3 is 5.11 Å². The molecule has 110 valence electrons. The van der Waals surface area contributed by atoms with Crippen LogP contribution >= 0.6 is 0 Å². The topological polar surface area (TPSA) is 122 Å². The van der Waals surface area contributed by atoms with Gasteiger partial charge in [0.1, 0.15) is 0 Å². The standard InChI is InChI=1S/C11H8FN3O5S/c12-11-4-1-7(6-13-11)14-21(19,20)8-2-3-10(16)9(5-8)15(17)18/h1-6,14,16H. The number of benzene rings is 1. The van der Waals surface area contributed by atoms with E-state index in [-0.39, 0.29) is 5.69 Å². The van der Waals surface area contributed by atoms with Gasteiger partial charge in [-0.25, -0.2) is 13.4 Å². The summed E-state index contributed by atoms with van der Waals surface area (Å²) in [5.41, 5.74) is -0.748. The van der Waals surface area contributed by atoms with Crippen LogP contribution in [0.15, 0.2) is 41.4 Å². The maximum absolute atomic E-state index is 12.6. The van der Waals surface area contributed by atoms with Crippen molar-refractivity contribution in [2.45, 2.75) is 4.90 Å². The number of nitrogens with zero attached hydrogens (tertiary/aromatic N) is 2. The molecule has 8 nitrogen and oxygen atoms in total. The van der Waals surface area contributed by atoms with Gasteiger partial charge in [0.05, 0.1) is 21.7 Å². The molecule has 0 aliphatic carbocycles. The number of nitro benzene ring substituents is 1. The zero-order chi connectivity index (χ0) is 15.6. The summed E-state index contributed by atoms with van der Waals surface area (Å²) in [6.07, 6.45) is 0.960. The molecule has 1 aromatic carbocycles. The second kappa shape index (κ2) is 5.32. The van der Waals surface area contributed by atoms with E-state index >= 15 is 0 Å². The molecule has 1 aromatic heterocycles. The molecular formula is C11H8FN3O5S. The van der Waals surface area contributed by atoms with Crippen LogP contribution in [0.5, 0.6) is 5.75 Å². The highest BCUT2D eigenvalue weighted by molar-refractivity contribution is 7.92. The number of anilines is 1. The summed E-state index contributed by atoms with van der Waals surface area (Å²) in [6.45, 7) is 0. The highest BCUT2D eigenvalue weighted by Crippen LogP contribution is 2.28. The van der Waals surface area contributed by atoms with Crippen LogP contribution in [0.4, 0.5) is 15.8 Å². The number of aromatic nitrogens is 1. The molecule has 10 heteroatoms. The zero-order valence-electron chi connectivity index (χ0n) is 10.2. The van der Waals surface area contributed by atoms with Crippen molar-refractivity contribution in [2.75, 3.05) is 4.72 Å². The number of aromatic hydroxyl groups is 1. The van der Waals surface area contributed by atoms with E-state index in [4.69, 9.17) is 0 Å². The van der Waals surface area contributed by atoms with E-state index in [2.05, 4.69) is 9.71 Å². The highest BCUT2D eigenvalue weighted by Gasteiger charge is 2.21. The molecule has 0 aliphatic rings. The van der Waals surface area contributed by atoms with Crippen molar-refractivity contribution < 1.29 is 22.8 Å². The first-order chi connectivity index (χ1) is 9.79. The van der Waals surface area contributed by atoms with Crippen molar-refractivity contribution in [1.82, 2.24) is 4.98 Å². The minimum absolute atomic E-state index is 0.00729. The lowest BCUT2D eigenvalue weighted by molar-refractivity contribution is -0.386. The number of rotatable bonds is 4. The van der Waals surface area contributed by atoms with Crippen LogP contribution in [0.25, 0.3) is 0 Å². The number of nitrogens with one attached hydrogen (secondary N) is 1. The third-order valence-corrected chi connectivity index (χ3v) is 3.81. The average Bonchev–Trinajstić information content (AvgIpc) is 2.41. The predicted molar refractivity (Wildman–Crippen MR) is 69.8 cm³/mol. The second-order valence-corrected chi connectivity index (χ2v) is 5.57. The molecule has 2 rings (SSSR count). The Morgan fingerprint density at radius 1 is 1.29 bits per heavy atom. The molecule has 0 amide bonds. The van der Waals surface area contributed by atoms with Gasteiger partial charge in [0.15, 0.2) is 5.75 Å². The molecule has 0 saturated heterocycles. The van der Waals surface area contributed by atoms with Crippen molar-refractivity contribution in [3.63, 3.8) is 0 Å². The molecule has 0 saturated carbocycles. The number of phenolic OH excluding ortho intramolecular Hbond substituents is 1. The van der Waals surface area contributed by atoms with Gasteiger partial charge in [-0.15, -0.1) is 0 Å². The number of sulfonamides is 1. The maximum Gasteiger partial charge on any atom is 0.312 e. The third kappa shape index (κ3) is 3.23. The fraction of sp³-hybridized carbons (Fsp3) is 0. The fourth-order valence-electron chi connectivity index (χ4n) is 1.47. The Labute approximate surface area is 118 Å². The summed E-state index contributed by atoms with van der Waals surface area (Å²) in [6, 6.07) is 4.72. The number of nitro groups is 1. The number of halogens is 1. The predicted octanol–water partition coefficient (Wildman–Crippen LogP) is 1.64. The van der Waals surface area contributed by atoms with Crippen LogP contribution in [0.2, 0.25) is 0 Å². The Morgan fingerprint density at radius 2 is 2.00 bits per heavy atom. The molecule has 21 heavy (non-hydrogen) atoms. The van der Waals surface area contributed by atoms with Crippen LogP contribution in [-0.2, 0) is 10.0 Å². The quantitative estimate of drug-likeness (QED) is 0.502. The number of hydrogen-bond acceptors (Lipinski definition) is 6. The average molecular weight is 313 g/mol. The van der Waals surface area contributed by atoms with Crippen LogP contribution < -0.4 is 4.72 Å². The molecule has 0 bridgehead atoms. The largest absolute Gasteiger partial charge is 0.502 e. The molecule has 0 spiro atoms. The fourth-order valence-corrected chi connectivity index (χ4v) is 2.53. The molecule has 0 unspecified atom stereocenters. The van der Waals surface area contributed by atoms with Gasteiger partial charge in [0.2, 0.25) is 5.95 Å². The van der Waals surface area contributed by atoms with Gasteiger partial charge >= 0.3 is 5.69 Å². The minimum Gasteiger partial charge on any atom is -0.502 e. The lowest BCUT2D eigenvalue weighted by atomic mass is 10.3. The van der Waals surface area contributed by atoms with E-state index < -0.39 is 37.2 Å². The molecule has 1 heterocycles. The van der Waals surface area contributed by atoms with Gasteiger partial charge in [0.25, 0.3) is 10.0 Å². The first-order valence-corrected chi connectivity index (χ1v) is 6.90. The summed E-state index contributed by atoms with van der Waals surface area (Å²) in [4.78, 5) is 12.6. The summed E-state index contributed by atoms with van der Waals surface area (Å²) >= 11 is 0. The zero-order valence-corrected chi connectivity index (χ0v) is 11.0. The van der Waals surface area contributed by atoms with E-state index in [0.717, 1.165) is 30.5 Å². The van der Waals surface area contributed by atoms with E-state index in [0.29, 0.717) is 6.07 Å². The van der Waals surface area contributed by atoms with E-state index in [1.54, 1.807) is 0 Å². The van der Waals surface area contributed by atoms with Crippen molar-refractivity contribution >= 4 is 21.4 Å². The van der Waals surface area contributed by atoms with Crippen LogP contribution in [0.1, 0.15) is 0 Å². The van der Waals surface area contributed by atoms with Gasteiger partial charge in [-0.3, -0.25) is 14.8 Å². The van der Waals surface area contributed by atoms with Crippen LogP contribution in [0.3, 0.4) is 0 Å². The Bertz CT molecular complexity index is 792. The Kier molecular flexibility index (Phi) is 3.72. The Hall–Kier alpha value is -2.75. The van der Waals surface area contributed by atoms with Crippen LogP contribution in [-0.4, -0.2) is 23.4 Å². The molecular weight excluding hydrogens is 305 g/mol. The first-order valence-electron chi connectivity index (χ1n) is 5.41. The third-order valence-electron chi connectivity index (χ3n) is 2.43. The normalized spacial score (nSPS) is 11.1. The summed E-state index contributed by atoms with van der Waals surface area (Å²) < 4.78 is 38.8. The molecule has 0 fully saturated rings. The molecule has 2 aromatic rings. The van der Waals surface area contributed by atoms with Crippen molar-refractivity contribution in [3.05, 3.63) is 52.6 Å². The summed E-state index contributed by atoms with van der Waals surface area (Å²) in [5, 5.41) is 20.0. The summed E-state index contributed by atoms with van der Waals surface area (Å²) in [7, 11) is -4.13. The maximum atomic E-state index is 12.6. The second-order valence-electron chi connectivity index (χ2n) is 3.88. The first kappa shape index (κ1) is 14.7. The molecule has 0 atom stereocenters. The van der Waals surface area contributed by atoms with Gasteiger partial charge in [-0.05, 0) is 24.3 Å².